The molecule has 1 aromatic carbocycles. The maximum absolute atomic E-state index is 13.3. The minimum Gasteiger partial charge on any atom is -0.439 e. The lowest BCUT2D eigenvalue weighted by Crippen LogP contribution is -2.41. The summed E-state index contributed by atoms with van der Waals surface area (Å²) < 4.78 is 52.7. The molecule has 34 heavy (non-hydrogen) atoms. The molecule has 0 bridgehead atoms. The highest BCUT2D eigenvalue weighted by Gasteiger charge is 2.25. The molecule has 0 spiro atoms. The van der Waals surface area contributed by atoms with E-state index in [0.717, 1.165) is 11.6 Å². The third kappa shape index (κ3) is 6.13. The molecule has 10 nitrogen and oxygen atoms in total. The Morgan fingerprint density at radius 3 is 2.65 bits per heavy atom. The first-order chi connectivity index (χ1) is 16.2. The highest BCUT2D eigenvalue weighted by Crippen LogP contribution is 2.36. The van der Waals surface area contributed by atoms with Crippen molar-refractivity contribution in [1.82, 2.24) is 15.0 Å². The van der Waals surface area contributed by atoms with Crippen LogP contribution in [0.1, 0.15) is 17.0 Å². The van der Waals surface area contributed by atoms with Crippen LogP contribution in [0.3, 0.4) is 0 Å². The van der Waals surface area contributed by atoms with Gasteiger partial charge in [0.2, 0.25) is 11.8 Å². The van der Waals surface area contributed by atoms with E-state index in [9.17, 15) is 13.3 Å². The second-order valence-electron chi connectivity index (χ2n) is 7.22. The molecule has 1 aliphatic rings. The minimum absolute atomic E-state index is 0.197. The Morgan fingerprint density at radius 2 is 1.94 bits per heavy atom. The molecule has 3 heterocycles. The van der Waals surface area contributed by atoms with Crippen molar-refractivity contribution in [3.63, 3.8) is 0 Å². The first-order valence-electron chi connectivity index (χ1n) is 9.82. The lowest BCUT2D eigenvalue weighted by molar-refractivity contribution is 0.110. The predicted molar refractivity (Wildman–Crippen MR) is 115 cm³/mol. The fourth-order valence-electron chi connectivity index (χ4n) is 3.15. The molecule has 0 saturated heterocycles. The maximum Gasteiger partial charge on any atom is 0.471 e. The molecule has 2 aromatic heterocycles. The highest BCUT2D eigenvalue weighted by molar-refractivity contribution is 7.46. The van der Waals surface area contributed by atoms with E-state index in [1.54, 1.807) is 48.7 Å². The molecule has 4 rings (SSSR count). The van der Waals surface area contributed by atoms with Crippen molar-refractivity contribution in [2.45, 2.75) is 12.6 Å². The maximum atomic E-state index is 13.3. The van der Waals surface area contributed by atoms with Crippen LogP contribution < -0.4 is 10.5 Å². The molecule has 1 atom stereocenters. The molecule has 0 aliphatic carbocycles. The molecule has 13 heteroatoms. The Balaban J connectivity index is 1.39. The van der Waals surface area contributed by atoms with Gasteiger partial charge in [0.05, 0.1) is 5.69 Å². The van der Waals surface area contributed by atoms with Crippen LogP contribution in [0, 0.1) is 11.8 Å². The predicted octanol–water partition coefficient (Wildman–Crippen LogP) is 3.30. The molecular formula is C21H19F2N4O6P. The zero-order valence-corrected chi connectivity index (χ0v) is 18.3. The first-order valence-corrected chi connectivity index (χ1v) is 11.3. The van der Waals surface area contributed by atoms with Crippen LogP contribution in [0.15, 0.2) is 65.3 Å². The van der Waals surface area contributed by atoms with Crippen molar-refractivity contribution < 1.29 is 36.9 Å². The number of allylic oxidation sites excluding steroid dienone is 2. The van der Waals surface area contributed by atoms with Crippen LogP contribution in [-0.2, 0) is 15.5 Å². The fourth-order valence-corrected chi connectivity index (χ4v) is 3.44. The number of phosphoric ester groups is 1. The second kappa shape index (κ2) is 9.84. The molecule has 0 fully saturated rings. The zero-order valence-electron chi connectivity index (χ0n) is 17.4. The molecule has 4 N–H and O–H groups in total. The Bertz CT molecular complexity index is 1250. The number of aromatic nitrogens is 2. The number of hydrogen-bond donors (Lipinski definition) is 3. The highest BCUT2D eigenvalue weighted by atomic mass is 31.2. The quantitative estimate of drug-likeness (QED) is 0.316. The number of rotatable bonds is 8. The van der Waals surface area contributed by atoms with E-state index < -0.39 is 32.5 Å². The molecule has 0 radical (unpaired) electrons. The Hall–Kier alpha value is -3.41. The van der Waals surface area contributed by atoms with E-state index in [4.69, 9.17) is 24.8 Å². The van der Waals surface area contributed by atoms with Gasteiger partial charge >= 0.3 is 7.82 Å². The van der Waals surface area contributed by atoms with E-state index in [1.165, 1.54) is 4.90 Å². The number of nitrogens with zero attached hydrogens (tertiary/aromatic N) is 3. The molecule has 178 valence electrons. The summed E-state index contributed by atoms with van der Waals surface area (Å²) in [6.45, 7) is -0.410. The number of ether oxygens (including phenoxy) is 1. The van der Waals surface area contributed by atoms with Crippen LogP contribution in [0.5, 0.6) is 11.6 Å². The number of benzene rings is 1. The summed E-state index contributed by atoms with van der Waals surface area (Å²) in [4.78, 5) is 22.7. The van der Waals surface area contributed by atoms with Crippen LogP contribution >= 0.6 is 7.82 Å². The van der Waals surface area contributed by atoms with Crippen LogP contribution in [0.2, 0.25) is 0 Å². The van der Waals surface area contributed by atoms with E-state index in [2.05, 4.69) is 14.7 Å². The monoisotopic (exact) mass is 492 g/mol. The van der Waals surface area contributed by atoms with E-state index in [-0.39, 0.29) is 5.88 Å². The minimum atomic E-state index is -4.65. The number of phosphoric acid groups is 1. The molecule has 0 saturated carbocycles. The Labute approximate surface area is 192 Å². The van der Waals surface area contributed by atoms with E-state index in [1.807, 2.05) is 0 Å². The average molecular weight is 492 g/mol. The van der Waals surface area contributed by atoms with Crippen molar-refractivity contribution in [2.24, 2.45) is 5.73 Å². The number of nitrogens with two attached hydrogens (primary N) is 1. The fraction of sp³-hybridized carbons (Fsp3) is 0.143. The zero-order chi connectivity index (χ0) is 24.3. The summed E-state index contributed by atoms with van der Waals surface area (Å²) in [6.07, 6.45) is 4.54. The molecule has 1 unspecified atom stereocenters. The van der Waals surface area contributed by atoms with Gasteiger partial charge in [-0.1, -0.05) is 23.4 Å². The van der Waals surface area contributed by atoms with Gasteiger partial charge in [-0.05, 0) is 23.8 Å². The van der Waals surface area contributed by atoms with Crippen molar-refractivity contribution >= 4 is 13.4 Å². The third-order valence-electron chi connectivity index (χ3n) is 4.71. The summed E-state index contributed by atoms with van der Waals surface area (Å²) in [5.74, 6) is -1.22. The van der Waals surface area contributed by atoms with E-state index >= 15 is 0 Å². The summed E-state index contributed by atoms with van der Waals surface area (Å²) in [6, 6.07) is 10.1. The molecular weight excluding hydrogens is 473 g/mol. The number of halogens is 2. The molecule has 0 amide bonds. The first kappa shape index (κ1) is 23.7. The van der Waals surface area contributed by atoms with Crippen molar-refractivity contribution in [2.75, 3.05) is 6.73 Å². The van der Waals surface area contributed by atoms with E-state index in [0.29, 0.717) is 35.3 Å². The van der Waals surface area contributed by atoms with Crippen LogP contribution in [0.4, 0.5) is 8.78 Å². The van der Waals surface area contributed by atoms with Gasteiger partial charge in [0.25, 0.3) is 0 Å². The van der Waals surface area contributed by atoms with Gasteiger partial charge in [-0.3, -0.25) is 4.52 Å². The summed E-state index contributed by atoms with van der Waals surface area (Å²) in [7, 11) is -4.65. The molecule has 3 aromatic rings. The number of pyridine rings is 1. The SMILES string of the molecule is NC1C(c2cc(Cc3ccc(Oc4cc(F)cc(F)n4)cc3)no2)=CC=CN1COP(=O)(O)O. The van der Waals surface area contributed by atoms with Crippen LogP contribution in [-0.4, -0.2) is 37.7 Å². The van der Waals surface area contributed by atoms with Gasteiger partial charge in [-0.15, -0.1) is 0 Å². The van der Waals surface area contributed by atoms with Crippen molar-refractivity contribution in [3.05, 3.63) is 89.6 Å². The standard InChI is InChI=1S/C21H19F2N4O6P/c22-14-9-19(23)25-20(10-14)32-16-5-3-13(4-6-16)8-15-11-18(33-26-15)17-2-1-7-27(21(17)24)12-31-34(28,29)30/h1-7,9-11,21H,8,12,24H2,(H2,28,29,30). The lowest BCUT2D eigenvalue weighted by Gasteiger charge is -2.30. The van der Waals surface area contributed by atoms with Gasteiger partial charge < -0.3 is 29.7 Å². The van der Waals surface area contributed by atoms with Crippen molar-refractivity contribution in [3.8, 4) is 11.6 Å². The Kier molecular flexibility index (Phi) is 6.87. The van der Waals surface area contributed by atoms with Gasteiger partial charge in [-0.25, -0.2) is 8.96 Å². The smallest absolute Gasteiger partial charge is 0.439 e. The summed E-state index contributed by atoms with van der Waals surface area (Å²) in [5.41, 5.74) is 8.19. The van der Waals surface area contributed by atoms with Gasteiger partial charge in [0.15, 0.2) is 5.76 Å². The van der Waals surface area contributed by atoms with Gasteiger partial charge in [-0.2, -0.15) is 9.37 Å². The average Bonchev–Trinajstić information content (AvgIpc) is 3.21. The Morgan fingerprint density at radius 1 is 1.18 bits per heavy atom. The third-order valence-corrected chi connectivity index (χ3v) is 5.17. The molecule has 1 aliphatic heterocycles. The van der Waals surface area contributed by atoms with Crippen molar-refractivity contribution in [1.29, 1.82) is 0 Å². The second-order valence-corrected chi connectivity index (χ2v) is 8.46. The lowest BCUT2D eigenvalue weighted by atomic mass is 10.1. The van der Waals surface area contributed by atoms with Crippen LogP contribution in [0.25, 0.3) is 5.57 Å². The largest absolute Gasteiger partial charge is 0.471 e. The number of hydrogen-bond acceptors (Lipinski definition) is 8. The van der Waals surface area contributed by atoms with Gasteiger partial charge in [0, 0.05) is 36.4 Å². The topological polar surface area (TPSA) is 144 Å². The normalized spacial score (nSPS) is 16.0. The summed E-state index contributed by atoms with van der Waals surface area (Å²) in [5, 5.41) is 4.05. The summed E-state index contributed by atoms with van der Waals surface area (Å²) >= 11 is 0. The van der Waals surface area contributed by atoms with Gasteiger partial charge in [0.1, 0.15) is 24.5 Å².